The molecule has 9 nitrogen and oxygen atoms in total. The van der Waals surface area contributed by atoms with Crippen molar-refractivity contribution < 1.29 is 33.4 Å². The summed E-state index contributed by atoms with van der Waals surface area (Å²) in [5.74, 6) is -5.41. The van der Waals surface area contributed by atoms with Gasteiger partial charge in [0, 0.05) is 0 Å². The molecule has 2 aromatic carbocycles. The second-order valence-electron chi connectivity index (χ2n) is 8.99. The Bertz CT molecular complexity index is 1250. The van der Waals surface area contributed by atoms with Gasteiger partial charge in [0.1, 0.15) is 18.4 Å². The zero-order chi connectivity index (χ0) is 24.4. The monoisotopic (exact) mass is 474 g/mol. The highest BCUT2D eigenvalue weighted by Gasteiger charge is 2.86. The molecule has 5 atom stereocenters. The third-order valence-electron chi connectivity index (χ3n) is 7.24. The molecule has 0 N–H and O–H groups in total. The van der Waals surface area contributed by atoms with Crippen LogP contribution in [-0.2, 0) is 33.4 Å². The van der Waals surface area contributed by atoms with Crippen molar-refractivity contribution in [3.05, 3.63) is 78.9 Å². The van der Waals surface area contributed by atoms with E-state index in [0.29, 0.717) is 5.69 Å². The lowest BCUT2D eigenvalue weighted by Gasteiger charge is -2.48. The van der Waals surface area contributed by atoms with Crippen LogP contribution in [0.5, 0.6) is 0 Å². The number of rotatable bonds is 5. The molecule has 0 saturated carbocycles. The zero-order valence-corrected chi connectivity index (χ0v) is 18.7. The minimum absolute atomic E-state index is 0.151. The number of morpholine rings is 1. The van der Waals surface area contributed by atoms with Crippen LogP contribution in [0.15, 0.2) is 73.3 Å². The van der Waals surface area contributed by atoms with E-state index in [1.165, 1.54) is 11.0 Å². The Morgan fingerprint density at radius 1 is 1.03 bits per heavy atom. The maximum Gasteiger partial charge on any atom is 0.349 e. The molecule has 0 aromatic heterocycles. The molecule has 178 valence electrons. The van der Waals surface area contributed by atoms with Crippen LogP contribution in [0.3, 0.4) is 0 Å². The van der Waals surface area contributed by atoms with Crippen molar-refractivity contribution in [3.8, 4) is 0 Å². The second-order valence-corrected chi connectivity index (χ2v) is 8.99. The first-order chi connectivity index (χ1) is 17.0. The van der Waals surface area contributed by atoms with E-state index in [4.69, 9.17) is 14.2 Å². The van der Waals surface area contributed by atoms with Crippen LogP contribution in [0.1, 0.15) is 11.6 Å². The van der Waals surface area contributed by atoms with Crippen LogP contribution >= 0.6 is 0 Å². The largest absolute Gasteiger partial charge is 0.459 e. The summed E-state index contributed by atoms with van der Waals surface area (Å²) in [6.45, 7) is 3.37. The third kappa shape index (κ3) is 2.65. The molecule has 0 radical (unpaired) electrons. The van der Waals surface area contributed by atoms with Crippen molar-refractivity contribution in [3.63, 3.8) is 0 Å². The van der Waals surface area contributed by atoms with E-state index in [2.05, 4.69) is 6.58 Å². The molecule has 4 aliphatic rings. The number of ether oxygens (including phenoxy) is 3. The summed E-state index contributed by atoms with van der Waals surface area (Å²) >= 11 is 0. The molecule has 4 saturated heterocycles. The summed E-state index contributed by atoms with van der Waals surface area (Å²) in [6.07, 6.45) is 1.36. The minimum atomic E-state index is -2.29. The van der Waals surface area contributed by atoms with Crippen molar-refractivity contribution >= 4 is 29.4 Å². The van der Waals surface area contributed by atoms with E-state index < -0.39 is 52.9 Å². The summed E-state index contributed by atoms with van der Waals surface area (Å²) < 4.78 is 17.4. The van der Waals surface area contributed by atoms with Crippen molar-refractivity contribution in [2.75, 3.05) is 24.7 Å². The van der Waals surface area contributed by atoms with E-state index in [0.717, 1.165) is 10.5 Å². The summed E-state index contributed by atoms with van der Waals surface area (Å²) in [4.78, 5) is 57.6. The van der Waals surface area contributed by atoms with Gasteiger partial charge in [0.25, 0.3) is 11.5 Å². The van der Waals surface area contributed by atoms with Crippen molar-refractivity contribution in [1.82, 2.24) is 4.90 Å². The smallest absolute Gasteiger partial charge is 0.349 e. The zero-order valence-electron chi connectivity index (χ0n) is 18.7. The molecule has 9 heteroatoms. The van der Waals surface area contributed by atoms with Gasteiger partial charge in [-0.1, -0.05) is 61.2 Å². The molecule has 0 aliphatic carbocycles. The van der Waals surface area contributed by atoms with Gasteiger partial charge < -0.3 is 14.2 Å². The average Bonchev–Trinajstić information content (AvgIpc) is 3.45. The molecule has 4 heterocycles. The molecule has 6 rings (SSSR count). The highest BCUT2D eigenvalue weighted by Crippen LogP contribution is 2.63. The number of carbonyl (C=O) groups is 4. The Kier molecular flexibility index (Phi) is 4.71. The molecule has 3 amide bonds. The number of anilines is 1. The predicted molar refractivity (Wildman–Crippen MR) is 120 cm³/mol. The first-order valence-electron chi connectivity index (χ1n) is 11.3. The maximum absolute atomic E-state index is 14.1. The molecular weight excluding hydrogens is 452 g/mol. The van der Waals surface area contributed by atoms with E-state index in [-0.39, 0.29) is 19.8 Å². The number of piperidine rings is 1. The maximum atomic E-state index is 14.1. The van der Waals surface area contributed by atoms with Gasteiger partial charge in [-0.05, 0) is 17.7 Å². The summed E-state index contributed by atoms with van der Waals surface area (Å²) in [7, 11) is 0. The standard InChI is InChI=1S/C26H22N2O7/c1-2-13-34-24(32)26-20-19(21(29)27(22(20)30)17-11-7-4-8-12-17)25(35-26)15-33-14-18(28(25)23(26)31)16-9-5-3-6-10-16/h2-12,18-20H,1,13-15H2/t18-,19-,20+,25+,26-/m1/s1. The average molecular weight is 474 g/mol. The van der Waals surface area contributed by atoms with Crippen LogP contribution in [0.25, 0.3) is 0 Å². The van der Waals surface area contributed by atoms with E-state index in [1.54, 1.807) is 30.3 Å². The van der Waals surface area contributed by atoms with Gasteiger partial charge in [-0.25, -0.2) is 9.69 Å². The lowest BCUT2D eigenvalue weighted by Crippen LogP contribution is -2.66. The fraction of sp³-hybridized carbons (Fsp3) is 0.308. The molecule has 2 aromatic rings. The van der Waals surface area contributed by atoms with E-state index in [1.807, 2.05) is 30.3 Å². The second kappa shape index (κ2) is 7.59. The third-order valence-corrected chi connectivity index (χ3v) is 7.24. The van der Waals surface area contributed by atoms with Crippen LogP contribution in [0, 0.1) is 11.8 Å². The SMILES string of the molecule is C=CCOC(=O)[C@]12O[C@@]3(COC[C@H](c4ccccc4)N3C1=O)[C@H]1C(=O)N(c3ccccc3)C(=O)[C@H]12. The summed E-state index contributed by atoms with van der Waals surface area (Å²) in [5.41, 5.74) is -2.79. The molecular formula is C26H22N2O7. The van der Waals surface area contributed by atoms with Crippen molar-refractivity contribution in [1.29, 1.82) is 0 Å². The van der Waals surface area contributed by atoms with Gasteiger partial charge in [-0.2, -0.15) is 0 Å². The first-order valence-corrected chi connectivity index (χ1v) is 11.3. The number of amides is 3. The Labute approximate surface area is 200 Å². The number of nitrogens with zero attached hydrogens (tertiary/aromatic N) is 2. The van der Waals surface area contributed by atoms with Gasteiger partial charge in [0.05, 0.1) is 24.9 Å². The van der Waals surface area contributed by atoms with Gasteiger partial charge >= 0.3 is 5.97 Å². The minimum Gasteiger partial charge on any atom is -0.459 e. The lowest BCUT2D eigenvalue weighted by molar-refractivity contribution is -0.209. The lowest BCUT2D eigenvalue weighted by atomic mass is 9.73. The molecule has 2 bridgehead atoms. The highest BCUT2D eigenvalue weighted by atomic mass is 16.6. The van der Waals surface area contributed by atoms with Crippen LogP contribution in [0.2, 0.25) is 0 Å². The molecule has 1 spiro atoms. The first kappa shape index (κ1) is 21.7. The molecule has 4 aliphatic heterocycles. The number of benzene rings is 2. The van der Waals surface area contributed by atoms with Crippen LogP contribution in [0.4, 0.5) is 5.69 Å². The van der Waals surface area contributed by atoms with E-state index >= 15 is 0 Å². The number of hydrogen-bond acceptors (Lipinski definition) is 7. The van der Waals surface area contributed by atoms with Crippen molar-refractivity contribution in [2.45, 2.75) is 17.4 Å². The molecule has 35 heavy (non-hydrogen) atoms. The topological polar surface area (TPSA) is 102 Å². The quantitative estimate of drug-likeness (QED) is 0.281. The predicted octanol–water partition coefficient (Wildman–Crippen LogP) is 1.60. The molecule has 0 unspecified atom stereocenters. The number of imide groups is 1. The fourth-order valence-electron chi connectivity index (χ4n) is 5.90. The highest BCUT2D eigenvalue weighted by molar-refractivity contribution is 6.28. The summed E-state index contributed by atoms with van der Waals surface area (Å²) in [6, 6.07) is 17.0. The Morgan fingerprint density at radius 2 is 1.69 bits per heavy atom. The van der Waals surface area contributed by atoms with Crippen LogP contribution < -0.4 is 4.90 Å². The number of esters is 1. The Morgan fingerprint density at radius 3 is 2.37 bits per heavy atom. The van der Waals surface area contributed by atoms with E-state index in [9.17, 15) is 19.2 Å². The Balaban J connectivity index is 1.52. The number of fused-ring (bicyclic) bond motifs is 3. The Hall–Kier alpha value is -3.82. The number of carbonyl (C=O) groups excluding carboxylic acids is 4. The van der Waals surface area contributed by atoms with Gasteiger partial charge in [0.2, 0.25) is 11.8 Å². The van der Waals surface area contributed by atoms with Crippen LogP contribution in [-0.4, -0.2) is 59.7 Å². The normalized spacial score (nSPS) is 33.0. The summed E-state index contributed by atoms with van der Waals surface area (Å²) in [5, 5.41) is 0. The van der Waals surface area contributed by atoms with Gasteiger partial charge in [-0.15, -0.1) is 0 Å². The molecule has 4 fully saturated rings. The van der Waals surface area contributed by atoms with Gasteiger partial charge in [-0.3, -0.25) is 19.3 Å². The number of hydrogen-bond donors (Lipinski definition) is 0. The number of para-hydroxylation sites is 1. The fourth-order valence-corrected chi connectivity index (χ4v) is 5.90. The van der Waals surface area contributed by atoms with Gasteiger partial charge in [0.15, 0.2) is 5.72 Å². The van der Waals surface area contributed by atoms with Crippen molar-refractivity contribution in [2.24, 2.45) is 11.8 Å².